The lowest BCUT2D eigenvalue weighted by Crippen LogP contribution is -2.64. The first-order chi connectivity index (χ1) is 20.4. The molecule has 2 aliphatic heterocycles. The third-order valence-electron chi connectivity index (χ3n) is 7.43. The Balaban J connectivity index is 1.58. The van der Waals surface area contributed by atoms with E-state index in [1.807, 2.05) is 0 Å². The second kappa shape index (κ2) is 12.2. The van der Waals surface area contributed by atoms with Gasteiger partial charge in [0.1, 0.15) is 64.8 Å². The number of aromatic hydroxyl groups is 2. The molecular weight excluding hydrogens is 576 g/mol. The number of phenols is 2. The molecule has 10 atom stereocenters. The van der Waals surface area contributed by atoms with Gasteiger partial charge in [-0.1, -0.05) is 0 Å². The number of methoxy groups -OCH3 is 1. The van der Waals surface area contributed by atoms with Crippen LogP contribution in [0.2, 0.25) is 0 Å². The largest absolute Gasteiger partial charge is 0.508 e. The minimum absolute atomic E-state index is 0.173. The maximum absolute atomic E-state index is 13.8. The summed E-state index contributed by atoms with van der Waals surface area (Å²) in [5.74, 6) is -1.19. The standard InChI is InChI=1S/C28H32O15/c1-10-18(32)22(36)26(43-27-23(37)21(35)19(33)16(9-29)41-27)28(39-10)42-25-20(34)17-14(31)7-12(30)8-15(17)40-24(25)11-3-5-13(38-2)6-4-11/h3-8,10,16,18-19,21-23,26-33,35-37H,9H2,1-2H3/t10-,16+,18-,19+,21-,22+,23+,26+,27-,28-/m0/s1. The first kappa shape index (κ1) is 30.9. The molecule has 0 saturated carbocycles. The highest BCUT2D eigenvalue weighted by Gasteiger charge is 2.51. The Hall–Kier alpha value is -3.51. The number of rotatable bonds is 7. The fourth-order valence-electron chi connectivity index (χ4n) is 5.00. The first-order valence-electron chi connectivity index (χ1n) is 13.3. The molecule has 3 heterocycles. The van der Waals surface area contributed by atoms with E-state index in [1.165, 1.54) is 14.0 Å². The van der Waals surface area contributed by atoms with Gasteiger partial charge in [0, 0.05) is 17.7 Å². The lowest BCUT2D eigenvalue weighted by molar-refractivity contribution is -0.355. The Morgan fingerprint density at radius 3 is 2.21 bits per heavy atom. The SMILES string of the molecule is COc1ccc(-c2oc3cc(O)cc(O)c3c(=O)c2O[C@@H]2O[C@@H](C)[C@H](O)[C@@H](O)[C@H]2O[C@@H]2O[C@H](CO)[C@@H](O)[C@H](O)[C@H]2O)cc1. The summed E-state index contributed by atoms with van der Waals surface area (Å²) in [6.45, 7) is 0.659. The Labute approximate surface area is 243 Å². The van der Waals surface area contributed by atoms with Crippen molar-refractivity contribution in [2.75, 3.05) is 13.7 Å². The highest BCUT2D eigenvalue weighted by Crippen LogP contribution is 2.38. The third-order valence-corrected chi connectivity index (χ3v) is 7.43. The summed E-state index contributed by atoms with van der Waals surface area (Å²) in [7, 11) is 1.46. The van der Waals surface area contributed by atoms with Crippen LogP contribution in [0.15, 0.2) is 45.6 Å². The van der Waals surface area contributed by atoms with Gasteiger partial charge in [-0.2, -0.15) is 0 Å². The molecular formula is C28H32O15. The van der Waals surface area contributed by atoms with Crippen LogP contribution >= 0.6 is 0 Å². The maximum atomic E-state index is 13.8. The van der Waals surface area contributed by atoms with Crippen LogP contribution in [-0.4, -0.2) is 116 Å². The molecule has 15 heteroatoms. The van der Waals surface area contributed by atoms with Crippen LogP contribution in [0.5, 0.6) is 23.0 Å². The van der Waals surface area contributed by atoms with E-state index in [0.717, 1.165) is 12.1 Å². The van der Waals surface area contributed by atoms with E-state index in [1.54, 1.807) is 24.3 Å². The van der Waals surface area contributed by atoms with E-state index in [0.29, 0.717) is 11.3 Å². The van der Waals surface area contributed by atoms with Crippen LogP contribution in [0.25, 0.3) is 22.3 Å². The van der Waals surface area contributed by atoms with Crippen molar-refractivity contribution in [3.05, 3.63) is 46.6 Å². The zero-order valence-corrected chi connectivity index (χ0v) is 22.9. The second-order valence-electron chi connectivity index (χ2n) is 10.3. The molecule has 0 amide bonds. The fourth-order valence-corrected chi connectivity index (χ4v) is 5.00. The smallest absolute Gasteiger partial charge is 0.239 e. The summed E-state index contributed by atoms with van der Waals surface area (Å²) >= 11 is 0. The summed E-state index contributed by atoms with van der Waals surface area (Å²) < 4.78 is 33.9. The molecule has 3 aromatic rings. The van der Waals surface area contributed by atoms with Crippen LogP contribution in [0.3, 0.4) is 0 Å². The van der Waals surface area contributed by atoms with Gasteiger partial charge in [-0.15, -0.1) is 0 Å². The normalized spacial score (nSPS) is 32.9. The summed E-state index contributed by atoms with van der Waals surface area (Å²) in [5, 5.41) is 81.9. The van der Waals surface area contributed by atoms with Crippen molar-refractivity contribution >= 4 is 11.0 Å². The van der Waals surface area contributed by atoms with Crippen molar-refractivity contribution in [2.24, 2.45) is 0 Å². The Bertz CT molecular complexity index is 1490. The topological polar surface area (TPSA) is 238 Å². The number of phenolic OH excluding ortho intramolecular Hbond substituents is 2. The Kier molecular flexibility index (Phi) is 8.80. The van der Waals surface area contributed by atoms with Gasteiger partial charge in [0.15, 0.2) is 18.2 Å². The molecule has 0 spiro atoms. The molecule has 0 bridgehead atoms. The zero-order chi connectivity index (χ0) is 31.2. The van der Waals surface area contributed by atoms with Gasteiger partial charge < -0.3 is 69.0 Å². The van der Waals surface area contributed by atoms with Crippen molar-refractivity contribution in [2.45, 2.75) is 68.3 Å². The van der Waals surface area contributed by atoms with Crippen molar-refractivity contribution < 1.29 is 69.0 Å². The number of benzene rings is 2. The van der Waals surface area contributed by atoms with Gasteiger partial charge in [0.2, 0.25) is 17.5 Å². The van der Waals surface area contributed by atoms with Crippen molar-refractivity contribution in [1.29, 1.82) is 0 Å². The molecule has 2 saturated heterocycles. The minimum atomic E-state index is -1.87. The van der Waals surface area contributed by atoms with E-state index < -0.39 is 84.9 Å². The number of ether oxygens (including phenoxy) is 5. The molecule has 8 N–H and O–H groups in total. The average molecular weight is 609 g/mol. The molecule has 0 radical (unpaired) electrons. The molecule has 2 aliphatic rings. The number of aliphatic hydroxyl groups excluding tert-OH is 6. The van der Waals surface area contributed by atoms with Gasteiger partial charge in [-0.3, -0.25) is 4.79 Å². The number of hydrogen-bond acceptors (Lipinski definition) is 15. The van der Waals surface area contributed by atoms with E-state index in [-0.39, 0.29) is 22.5 Å². The van der Waals surface area contributed by atoms with E-state index in [2.05, 4.69) is 0 Å². The van der Waals surface area contributed by atoms with E-state index in [4.69, 9.17) is 28.1 Å². The second-order valence-corrected chi connectivity index (χ2v) is 10.3. The van der Waals surface area contributed by atoms with Gasteiger partial charge in [0.05, 0.1) is 19.8 Å². The van der Waals surface area contributed by atoms with Gasteiger partial charge in [-0.05, 0) is 31.2 Å². The molecule has 234 valence electrons. The van der Waals surface area contributed by atoms with Gasteiger partial charge in [-0.25, -0.2) is 0 Å². The number of hydrogen-bond donors (Lipinski definition) is 8. The Morgan fingerprint density at radius 1 is 0.860 bits per heavy atom. The van der Waals surface area contributed by atoms with E-state index in [9.17, 15) is 45.6 Å². The van der Waals surface area contributed by atoms with Crippen molar-refractivity contribution in [1.82, 2.24) is 0 Å². The van der Waals surface area contributed by atoms with Crippen LogP contribution in [0, 0.1) is 0 Å². The molecule has 2 fully saturated rings. The number of fused-ring (bicyclic) bond motifs is 1. The predicted molar refractivity (Wildman–Crippen MR) is 143 cm³/mol. The van der Waals surface area contributed by atoms with Gasteiger partial charge >= 0.3 is 0 Å². The van der Waals surface area contributed by atoms with Crippen LogP contribution < -0.4 is 14.9 Å². The monoisotopic (exact) mass is 608 g/mol. The summed E-state index contributed by atoms with van der Waals surface area (Å²) in [4.78, 5) is 13.8. The van der Waals surface area contributed by atoms with Crippen molar-refractivity contribution in [3.63, 3.8) is 0 Å². The van der Waals surface area contributed by atoms with Crippen molar-refractivity contribution in [3.8, 4) is 34.3 Å². The maximum Gasteiger partial charge on any atom is 0.239 e. The van der Waals surface area contributed by atoms with Crippen LogP contribution in [-0.2, 0) is 14.2 Å². The molecule has 5 rings (SSSR count). The highest BCUT2D eigenvalue weighted by atomic mass is 16.8. The Morgan fingerprint density at radius 2 is 1.56 bits per heavy atom. The quantitative estimate of drug-likeness (QED) is 0.159. The number of aliphatic hydroxyl groups is 6. The molecule has 0 unspecified atom stereocenters. The van der Waals surface area contributed by atoms with Gasteiger partial charge in [0.25, 0.3) is 0 Å². The van der Waals surface area contributed by atoms with E-state index >= 15 is 0 Å². The molecule has 0 aliphatic carbocycles. The van der Waals surface area contributed by atoms with Crippen LogP contribution in [0.4, 0.5) is 0 Å². The lowest BCUT2D eigenvalue weighted by atomic mass is 9.97. The molecule has 43 heavy (non-hydrogen) atoms. The highest BCUT2D eigenvalue weighted by molar-refractivity contribution is 5.88. The fraction of sp³-hybridized carbons (Fsp3) is 0.464. The van der Waals surface area contributed by atoms with Crippen LogP contribution in [0.1, 0.15) is 6.92 Å². The summed E-state index contributed by atoms with van der Waals surface area (Å²) in [6.07, 6.45) is -16.2. The lowest BCUT2D eigenvalue weighted by Gasteiger charge is -2.45. The predicted octanol–water partition coefficient (Wildman–Crippen LogP) is -1.09. The zero-order valence-electron chi connectivity index (χ0n) is 22.9. The molecule has 2 aromatic carbocycles. The summed E-state index contributed by atoms with van der Waals surface area (Å²) in [5.41, 5.74) is -0.773. The third kappa shape index (κ3) is 5.74. The average Bonchev–Trinajstić information content (AvgIpc) is 2.98. The molecule has 1 aromatic heterocycles. The minimum Gasteiger partial charge on any atom is -0.508 e. The summed E-state index contributed by atoms with van der Waals surface area (Å²) in [6, 6.07) is 8.30. The molecule has 15 nitrogen and oxygen atoms in total. The first-order valence-corrected chi connectivity index (χ1v) is 13.3.